The molecule has 2 aliphatic heterocycles. The molecular weight excluding hydrogens is 330 g/mol. The van der Waals surface area contributed by atoms with Gasteiger partial charge in [-0.15, -0.1) is 0 Å². The third-order valence-corrected chi connectivity index (χ3v) is 5.95. The van der Waals surface area contributed by atoms with Crippen molar-refractivity contribution in [3.05, 3.63) is 34.9 Å². The maximum absolute atomic E-state index is 13.0. The van der Waals surface area contributed by atoms with Gasteiger partial charge in [-0.05, 0) is 62.1 Å². The van der Waals surface area contributed by atoms with Gasteiger partial charge in [0.05, 0.1) is 0 Å². The number of fused-ring (bicyclic) bond motifs is 1. The fourth-order valence-corrected chi connectivity index (χ4v) is 4.30. The molecule has 2 fully saturated rings. The highest BCUT2D eigenvalue weighted by atomic mass is 16.2. The first kappa shape index (κ1) is 17.1. The zero-order valence-electron chi connectivity index (χ0n) is 15.2. The first-order valence-corrected chi connectivity index (χ1v) is 9.53. The fourth-order valence-electron chi connectivity index (χ4n) is 4.30. The Balaban J connectivity index is 1.53. The van der Waals surface area contributed by atoms with Crippen molar-refractivity contribution in [2.75, 3.05) is 19.6 Å². The quantitative estimate of drug-likeness (QED) is 0.843. The van der Waals surface area contributed by atoms with Gasteiger partial charge in [-0.3, -0.25) is 14.5 Å². The van der Waals surface area contributed by atoms with Gasteiger partial charge >= 0.3 is 6.03 Å². The van der Waals surface area contributed by atoms with E-state index in [2.05, 4.69) is 11.4 Å². The van der Waals surface area contributed by atoms with Crippen LogP contribution in [0.15, 0.2) is 18.2 Å². The average molecular weight is 355 g/mol. The fraction of sp³-hybridized carbons (Fsp3) is 0.550. The van der Waals surface area contributed by atoms with Crippen LogP contribution in [0.1, 0.15) is 49.3 Å². The molecular formula is C20H25N3O3. The normalized spacial score (nSPS) is 25.4. The van der Waals surface area contributed by atoms with Crippen LogP contribution in [0.2, 0.25) is 0 Å². The van der Waals surface area contributed by atoms with Gasteiger partial charge in [-0.1, -0.05) is 18.2 Å². The van der Waals surface area contributed by atoms with Gasteiger partial charge in [-0.2, -0.15) is 0 Å². The van der Waals surface area contributed by atoms with E-state index in [0.717, 1.165) is 49.0 Å². The molecule has 0 saturated carbocycles. The average Bonchev–Trinajstić information content (AvgIpc) is 3.21. The lowest BCUT2D eigenvalue weighted by Crippen LogP contribution is -2.45. The van der Waals surface area contributed by atoms with Crippen LogP contribution in [0, 0.1) is 0 Å². The van der Waals surface area contributed by atoms with Gasteiger partial charge in [0.15, 0.2) is 0 Å². The van der Waals surface area contributed by atoms with Crippen molar-refractivity contribution in [1.82, 2.24) is 15.1 Å². The Morgan fingerprint density at radius 1 is 1.08 bits per heavy atom. The lowest BCUT2D eigenvalue weighted by molar-refractivity contribution is -0.139. The minimum atomic E-state index is -1.10. The van der Waals surface area contributed by atoms with Crippen LogP contribution < -0.4 is 5.32 Å². The van der Waals surface area contributed by atoms with Crippen LogP contribution in [0.5, 0.6) is 0 Å². The van der Waals surface area contributed by atoms with Crippen molar-refractivity contribution in [2.45, 2.75) is 51.0 Å². The number of likely N-dealkylation sites (tertiary alicyclic amines) is 1. The van der Waals surface area contributed by atoms with Crippen LogP contribution in [0.3, 0.4) is 0 Å². The molecule has 0 radical (unpaired) electrons. The van der Waals surface area contributed by atoms with Gasteiger partial charge < -0.3 is 10.2 Å². The van der Waals surface area contributed by atoms with E-state index in [1.807, 2.05) is 12.1 Å². The third-order valence-electron chi connectivity index (χ3n) is 5.95. The van der Waals surface area contributed by atoms with Crippen LogP contribution >= 0.6 is 0 Å². The number of imide groups is 1. The number of hydrogen-bond acceptors (Lipinski definition) is 3. The highest BCUT2D eigenvalue weighted by Gasteiger charge is 2.50. The Kier molecular flexibility index (Phi) is 4.21. The van der Waals surface area contributed by atoms with E-state index in [1.54, 1.807) is 11.8 Å². The number of aryl methyl sites for hydroxylation is 2. The second kappa shape index (κ2) is 6.41. The number of urea groups is 1. The van der Waals surface area contributed by atoms with E-state index in [1.165, 1.54) is 11.1 Å². The molecule has 2 heterocycles. The first-order valence-electron chi connectivity index (χ1n) is 9.53. The molecule has 0 aromatic heterocycles. The standard InChI is InChI=1S/C20H25N3O3/c1-20(16-9-8-14-6-5-7-15(14)12-16)18(25)23(19(26)21-20)13-17(24)22-10-3-2-4-11-22/h8-9,12H,2-7,10-11,13H2,1H3,(H,21,26)/t20-/m0/s1. The molecule has 6 nitrogen and oxygen atoms in total. The van der Waals surface area contributed by atoms with E-state index in [4.69, 9.17) is 0 Å². The summed E-state index contributed by atoms with van der Waals surface area (Å²) < 4.78 is 0. The van der Waals surface area contributed by atoms with Gasteiger partial charge in [-0.25, -0.2) is 4.79 Å². The second-order valence-electron chi connectivity index (χ2n) is 7.72. The number of piperidine rings is 1. The molecule has 1 aromatic carbocycles. The van der Waals surface area contributed by atoms with Crippen LogP contribution in [-0.2, 0) is 28.0 Å². The molecule has 1 N–H and O–H groups in total. The van der Waals surface area contributed by atoms with E-state index in [-0.39, 0.29) is 18.4 Å². The number of amides is 4. The summed E-state index contributed by atoms with van der Waals surface area (Å²) >= 11 is 0. The maximum atomic E-state index is 13.0. The van der Waals surface area contributed by atoms with Crippen LogP contribution in [-0.4, -0.2) is 47.3 Å². The molecule has 138 valence electrons. The number of carbonyl (C=O) groups is 3. The maximum Gasteiger partial charge on any atom is 0.325 e. The lowest BCUT2D eigenvalue weighted by Gasteiger charge is -2.28. The molecule has 0 unspecified atom stereocenters. The number of rotatable bonds is 3. The molecule has 1 atom stereocenters. The Morgan fingerprint density at radius 2 is 1.81 bits per heavy atom. The molecule has 1 aromatic rings. The predicted octanol–water partition coefficient (Wildman–Crippen LogP) is 1.95. The zero-order valence-corrected chi connectivity index (χ0v) is 15.2. The van der Waals surface area contributed by atoms with Crippen LogP contribution in [0.4, 0.5) is 4.79 Å². The Bertz CT molecular complexity index is 770. The SMILES string of the molecule is C[C@@]1(c2ccc3c(c2)CCC3)NC(=O)N(CC(=O)N2CCCCC2)C1=O. The van der Waals surface area contributed by atoms with Crippen LogP contribution in [0.25, 0.3) is 0 Å². The van der Waals surface area contributed by atoms with Crippen molar-refractivity contribution in [2.24, 2.45) is 0 Å². The van der Waals surface area contributed by atoms with Crippen molar-refractivity contribution in [3.8, 4) is 0 Å². The van der Waals surface area contributed by atoms with E-state index in [0.29, 0.717) is 13.1 Å². The smallest absolute Gasteiger partial charge is 0.325 e. The lowest BCUT2D eigenvalue weighted by atomic mass is 9.89. The molecule has 6 heteroatoms. The summed E-state index contributed by atoms with van der Waals surface area (Å²) in [5.74, 6) is -0.489. The number of nitrogens with one attached hydrogen (secondary N) is 1. The summed E-state index contributed by atoms with van der Waals surface area (Å²) in [4.78, 5) is 40.8. The van der Waals surface area contributed by atoms with Crippen molar-refractivity contribution in [1.29, 1.82) is 0 Å². The van der Waals surface area contributed by atoms with Crippen molar-refractivity contribution < 1.29 is 14.4 Å². The summed E-state index contributed by atoms with van der Waals surface area (Å²) in [5, 5.41) is 2.81. The highest BCUT2D eigenvalue weighted by molar-refractivity contribution is 6.09. The van der Waals surface area contributed by atoms with Gasteiger partial charge in [0.25, 0.3) is 5.91 Å². The monoisotopic (exact) mass is 355 g/mol. The summed E-state index contributed by atoms with van der Waals surface area (Å²) in [7, 11) is 0. The molecule has 2 saturated heterocycles. The predicted molar refractivity (Wildman–Crippen MR) is 96.5 cm³/mol. The molecule has 3 aliphatic rings. The molecule has 4 rings (SSSR count). The largest absolute Gasteiger partial charge is 0.341 e. The summed E-state index contributed by atoms with van der Waals surface area (Å²) in [6.45, 7) is 2.98. The van der Waals surface area contributed by atoms with Crippen molar-refractivity contribution >= 4 is 17.8 Å². The number of hydrogen-bond donors (Lipinski definition) is 1. The van der Waals surface area contributed by atoms with E-state index in [9.17, 15) is 14.4 Å². The minimum absolute atomic E-state index is 0.147. The van der Waals surface area contributed by atoms with Gasteiger partial charge in [0, 0.05) is 13.1 Å². The molecule has 0 bridgehead atoms. The highest BCUT2D eigenvalue weighted by Crippen LogP contribution is 2.32. The number of benzene rings is 1. The Hall–Kier alpha value is -2.37. The second-order valence-corrected chi connectivity index (χ2v) is 7.72. The molecule has 1 aliphatic carbocycles. The Labute approximate surface area is 153 Å². The minimum Gasteiger partial charge on any atom is -0.341 e. The Morgan fingerprint density at radius 3 is 2.58 bits per heavy atom. The number of carbonyl (C=O) groups excluding carboxylic acids is 3. The topological polar surface area (TPSA) is 69.7 Å². The first-order chi connectivity index (χ1) is 12.5. The zero-order chi connectivity index (χ0) is 18.3. The summed E-state index contributed by atoms with van der Waals surface area (Å²) in [6, 6.07) is 5.54. The summed E-state index contributed by atoms with van der Waals surface area (Å²) in [5.41, 5.74) is 2.28. The van der Waals surface area contributed by atoms with E-state index < -0.39 is 11.6 Å². The molecule has 4 amide bonds. The van der Waals surface area contributed by atoms with E-state index >= 15 is 0 Å². The molecule has 26 heavy (non-hydrogen) atoms. The van der Waals surface area contributed by atoms with Crippen molar-refractivity contribution in [3.63, 3.8) is 0 Å². The van der Waals surface area contributed by atoms with Gasteiger partial charge in [0.1, 0.15) is 12.1 Å². The molecule has 0 spiro atoms. The van der Waals surface area contributed by atoms with Gasteiger partial charge in [0.2, 0.25) is 5.91 Å². The third kappa shape index (κ3) is 2.77. The summed E-state index contributed by atoms with van der Waals surface area (Å²) in [6.07, 6.45) is 6.31. The number of nitrogens with zero attached hydrogens (tertiary/aromatic N) is 2.